The Hall–Kier alpha value is -2.41. The number of anilines is 1. The summed E-state index contributed by atoms with van der Waals surface area (Å²) in [6.07, 6.45) is 9.86. The molecular weight excluding hydrogens is 320 g/mol. The molecular formula is C18H22N4O3. The summed E-state index contributed by atoms with van der Waals surface area (Å²) in [5, 5.41) is 12.7. The number of hydrogen-bond acceptors (Lipinski definition) is 5. The Balaban J connectivity index is 1.59. The van der Waals surface area contributed by atoms with Gasteiger partial charge in [0.2, 0.25) is 5.91 Å². The summed E-state index contributed by atoms with van der Waals surface area (Å²) in [6.45, 7) is -0.431. The second-order valence-corrected chi connectivity index (χ2v) is 7.03. The second-order valence-electron chi connectivity index (χ2n) is 7.03. The fraction of sp³-hybridized carbons (Fsp3) is 0.500. The van der Waals surface area contributed by atoms with Crippen molar-refractivity contribution in [2.24, 2.45) is 5.73 Å². The molecule has 2 amide bonds. The van der Waals surface area contributed by atoms with Gasteiger partial charge in [0.05, 0.1) is 16.9 Å². The van der Waals surface area contributed by atoms with Crippen molar-refractivity contribution in [3.05, 3.63) is 29.1 Å². The molecule has 7 heteroatoms. The van der Waals surface area contributed by atoms with E-state index in [1.807, 2.05) is 17.1 Å². The molecule has 0 spiro atoms. The minimum absolute atomic E-state index is 0.151. The molecule has 0 radical (unpaired) electrons. The molecule has 2 aliphatic heterocycles. The molecule has 2 bridgehead atoms. The zero-order chi connectivity index (χ0) is 17.6. The molecule has 4 N–H and O–H groups in total. The van der Waals surface area contributed by atoms with Crippen molar-refractivity contribution in [1.82, 2.24) is 9.88 Å². The lowest BCUT2D eigenvalue weighted by atomic mass is 9.96. The number of carbonyl (C=O) groups is 2. The topological polar surface area (TPSA) is 109 Å². The molecule has 1 aromatic heterocycles. The lowest BCUT2D eigenvalue weighted by Gasteiger charge is -2.39. The Kier molecular flexibility index (Phi) is 3.95. The van der Waals surface area contributed by atoms with E-state index in [4.69, 9.17) is 5.73 Å². The molecule has 132 valence electrons. The molecule has 3 heterocycles. The van der Waals surface area contributed by atoms with Crippen molar-refractivity contribution in [3.63, 3.8) is 0 Å². The van der Waals surface area contributed by atoms with E-state index in [1.165, 1.54) is 0 Å². The predicted molar refractivity (Wildman–Crippen MR) is 92.9 cm³/mol. The Morgan fingerprint density at radius 1 is 1.32 bits per heavy atom. The standard InChI is InChI=1S/C18H22N4O3/c19-18(25)14-8-20-15-3-1-2-13(15)17(14)21-10-6-11-4-5-12(7-10)22(11)16(24)9-23/h1-2,8,10-12,23H,3-7,9H2,(H2,19,25)(H,20,21)/t10?,11-,12+. The first kappa shape index (κ1) is 16.1. The fourth-order valence-electron chi connectivity index (χ4n) is 4.53. The number of aromatic nitrogens is 1. The van der Waals surface area contributed by atoms with Crippen LogP contribution in [-0.4, -0.2) is 51.5 Å². The van der Waals surface area contributed by atoms with Crippen LogP contribution in [0.2, 0.25) is 0 Å². The highest BCUT2D eigenvalue weighted by Crippen LogP contribution is 2.38. The van der Waals surface area contributed by atoms with Crippen molar-refractivity contribution >= 4 is 23.6 Å². The first-order chi connectivity index (χ1) is 12.1. The minimum Gasteiger partial charge on any atom is -0.387 e. The van der Waals surface area contributed by atoms with Crippen molar-refractivity contribution in [2.75, 3.05) is 11.9 Å². The van der Waals surface area contributed by atoms with E-state index >= 15 is 0 Å². The number of rotatable bonds is 4. The molecule has 3 aliphatic rings. The summed E-state index contributed by atoms with van der Waals surface area (Å²) < 4.78 is 0. The van der Waals surface area contributed by atoms with Crippen LogP contribution in [0.25, 0.3) is 6.08 Å². The molecule has 1 aromatic rings. The number of nitrogens with zero attached hydrogens (tertiary/aromatic N) is 2. The molecule has 1 unspecified atom stereocenters. The number of aliphatic hydroxyl groups is 1. The monoisotopic (exact) mass is 342 g/mol. The molecule has 25 heavy (non-hydrogen) atoms. The highest BCUT2D eigenvalue weighted by atomic mass is 16.3. The molecule has 1 aliphatic carbocycles. The van der Waals surface area contributed by atoms with Gasteiger partial charge in [0.25, 0.3) is 5.91 Å². The van der Waals surface area contributed by atoms with Gasteiger partial charge in [0, 0.05) is 36.3 Å². The Morgan fingerprint density at radius 2 is 2.04 bits per heavy atom. The highest BCUT2D eigenvalue weighted by molar-refractivity contribution is 6.00. The van der Waals surface area contributed by atoms with Gasteiger partial charge < -0.3 is 21.1 Å². The van der Waals surface area contributed by atoms with E-state index in [0.29, 0.717) is 5.56 Å². The minimum atomic E-state index is -0.492. The number of fused-ring (bicyclic) bond motifs is 3. The number of hydrogen-bond donors (Lipinski definition) is 3. The van der Waals surface area contributed by atoms with Crippen LogP contribution in [0.15, 0.2) is 12.3 Å². The van der Waals surface area contributed by atoms with E-state index in [1.54, 1.807) is 6.20 Å². The number of primary amides is 1. The van der Waals surface area contributed by atoms with Crippen LogP contribution < -0.4 is 11.1 Å². The number of carbonyl (C=O) groups excluding carboxylic acids is 2. The van der Waals surface area contributed by atoms with Gasteiger partial charge in [-0.1, -0.05) is 12.2 Å². The average Bonchev–Trinajstić information content (AvgIpc) is 3.17. The zero-order valence-electron chi connectivity index (χ0n) is 13.9. The van der Waals surface area contributed by atoms with Crippen LogP contribution in [0, 0.1) is 0 Å². The van der Waals surface area contributed by atoms with Gasteiger partial charge in [0.15, 0.2) is 0 Å². The van der Waals surface area contributed by atoms with E-state index in [2.05, 4.69) is 10.3 Å². The van der Waals surface area contributed by atoms with Crippen molar-refractivity contribution < 1.29 is 14.7 Å². The van der Waals surface area contributed by atoms with E-state index in [-0.39, 0.29) is 24.0 Å². The number of piperidine rings is 1. The van der Waals surface area contributed by atoms with Gasteiger partial charge >= 0.3 is 0 Å². The van der Waals surface area contributed by atoms with Gasteiger partial charge in [-0.05, 0) is 25.7 Å². The number of nitrogens with one attached hydrogen (secondary N) is 1. The molecule has 2 saturated heterocycles. The lowest BCUT2D eigenvalue weighted by Crippen LogP contribution is -2.50. The number of allylic oxidation sites excluding steroid dienone is 1. The summed E-state index contributed by atoms with van der Waals surface area (Å²) in [7, 11) is 0. The van der Waals surface area contributed by atoms with Crippen molar-refractivity contribution in [3.8, 4) is 0 Å². The lowest BCUT2D eigenvalue weighted by molar-refractivity contribution is -0.138. The van der Waals surface area contributed by atoms with E-state index in [9.17, 15) is 14.7 Å². The maximum atomic E-state index is 12.0. The maximum Gasteiger partial charge on any atom is 0.252 e. The summed E-state index contributed by atoms with van der Waals surface area (Å²) in [6, 6.07) is 0.468. The third kappa shape index (κ3) is 2.68. The number of nitrogens with two attached hydrogens (primary N) is 1. The Morgan fingerprint density at radius 3 is 2.68 bits per heavy atom. The van der Waals surface area contributed by atoms with E-state index < -0.39 is 12.5 Å². The SMILES string of the molecule is NC(=O)c1cnc2c(c1NC1C[C@H]3CC[C@@H](C1)N3C(=O)CO)C=CC2. The first-order valence-electron chi connectivity index (χ1n) is 8.75. The highest BCUT2D eigenvalue weighted by Gasteiger charge is 2.43. The maximum absolute atomic E-state index is 12.0. The molecule has 4 rings (SSSR count). The number of aliphatic hydroxyl groups excluding tert-OH is 1. The summed E-state index contributed by atoms with van der Waals surface area (Å²) in [5.41, 5.74) is 8.60. The smallest absolute Gasteiger partial charge is 0.252 e. The van der Waals surface area contributed by atoms with Crippen LogP contribution in [0.1, 0.15) is 47.3 Å². The van der Waals surface area contributed by atoms with Gasteiger partial charge in [-0.3, -0.25) is 14.6 Å². The van der Waals surface area contributed by atoms with Gasteiger partial charge in [-0.2, -0.15) is 0 Å². The van der Waals surface area contributed by atoms with Crippen molar-refractivity contribution in [1.29, 1.82) is 0 Å². The summed E-state index contributed by atoms with van der Waals surface area (Å²) in [5.74, 6) is -0.675. The molecule has 0 saturated carbocycles. The quantitative estimate of drug-likeness (QED) is 0.745. The fourth-order valence-corrected chi connectivity index (χ4v) is 4.53. The van der Waals surface area contributed by atoms with Gasteiger partial charge in [0.1, 0.15) is 6.61 Å². The average molecular weight is 342 g/mol. The zero-order valence-corrected chi connectivity index (χ0v) is 13.9. The van der Waals surface area contributed by atoms with Crippen LogP contribution in [0.5, 0.6) is 0 Å². The van der Waals surface area contributed by atoms with Gasteiger partial charge in [-0.15, -0.1) is 0 Å². The Bertz CT molecular complexity index is 747. The molecule has 0 aromatic carbocycles. The van der Waals surface area contributed by atoms with Crippen molar-refractivity contribution in [2.45, 2.75) is 50.2 Å². The van der Waals surface area contributed by atoms with Crippen LogP contribution in [-0.2, 0) is 11.2 Å². The van der Waals surface area contributed by atoms with Crippen LogP contribution in [0.3, 0.4) is 0 Å². The van der Waals surface area contributed by atoms with Crippen LogP contribution in [0.4, 0.5) is 5.69 Å². The number of amides is 2. The second kappa shape index (κ2) is 6.15. The third-order valence-corrected chi connectivity index (χ3v) is 5.57. The van der Waals surface area contributed by atoms with Crippen LogP contribution >= 0.6 is 0 Å². The molecule has 2 fully saturated rings. The predicted octanol–water partition coefficient (Wildman–Crippen LogP) is 0.676. The third-order valence-electron chi connectivity index (χ3n) is 5.57. The molecule has 7 nitrogen and oxygen atoms in total. The normalized spacial score (nSPS) is 26.6. The Labute approximate surface area is 145 Å². The summed E-state index contributed by atoms with van der Waals surface area (Å²) >= 11 is 0. The largest absolute Gasteiger partial charge is 0.387 e. The van der Waals surface area contributed by atoms with E-state index in [0.717, 1.165) is 49.0 Å². The first-order valence-corrected chi connectivity index (χ1v) is 8.75. The number of pyridine rings is 1. The molecule has 3 atom stereocenters. The van der Waals surface area contributed by atoms with Gasteiger partial charge in [-0.25, -0.2) is 0 Å². The summed E-state index contributed by atoms with van der Waals surface area (Å²) in [4.78, 5) is 30.0.